The Hall–Kier alpha value is -0.360. The lowest BCUT2D eigenvalue weighted by Gasteiger charge is -2.08. The maximum atomic E-state index is 11.4. The van der Waals surface area contributed by atoms with Crippen LogP contribution in [0.1, 0.15) is 40.5 Å². The molecule has 0 unspecified atom stereocenters. The lowest BCUT2D eigenvalue weighted by Crippen LogP contribution is -2.27. The average Bonchev–Trinajstić information content (AvgIpc) is 2.37. The molecule has 118 valence electrons. The predicted molar refractivity (Wildman–Crippen MR) is 89.8 cm³/mol. The van der Waals surface area contributed by atoms with E-state index >= 15 is 0 Å². The lowest BCUT2D eigenvalue weighted by atomic mass is 10.2. The van der Waals surface area contributed by atoms with E-state index in [9.17, 15) is 9.59 Å². The predicted octanol–water partition coefficient (Wildman–Crippen LogP) is 2.69. The van der Waals surface area contributed by atoms with Gasteiger partial charge >= 0.3 is 0 Å². The molecule has 2 N–H and O–H groups in total. The van der Waals surface area contributed by atoms with Crippen LogP contribution in [-0.2, 0) is 9.59 Å². The Morgan fingerprint density at radius 3 is 1.45 bits per heavy atom. The van der Waals surface area contributed by atoms with E-state index in [4.69, 9.17) is 0 Å². The third-order valence-corrected chi connectivity index (χ3v) is 4.73. The van der Waals surface area contributed by atoms with Gasteiger partial charge < -0.3 is 10.6 Å². The van der Waals surface area contributed by atoms with Crippen molar-refractivity contribution >= 4 is 33.4 Å². The minimum atomic E-state index is 0.112. The molecule has 0 aromatic carbocycles. The number of carbonyl (C=O) groups is 2. The maximum absolute atomic E-state index is 11.4. The second kappa shape index (κ2) is 12.4. The molecular weight excluding hydrogens is 292 g/mol. The molecule has 0 saturated heterocycles. The molecule has 20 heavy (non-hydrogen) atoms. The fourth-order valence-electron chi connectivity index (χ4n) is 1.20. The molecule has 0 aromatic rings. The number of hydrogen-bond acceptors (Lipinski definition) is 4. The highest BCUT2D eigenvalue weighted by molar-refractivity contribution is 8.76. The number of amides is 2. The van der Waals surface area contributed by atoms with Gasteiger partial charge in [0.1, 0.15) is 0 Å². The third kappa shape index (κ3) is 14.1. The summed E-state index contributed by atoms with van der Waals surface area (Å²) in [6, 6.07) is 0. The molecule has 0 radical (unpaired) electrons. The van der Waals surface area contributed by atoms with Crippen LogP contribution >= 0.6 is 21.6 Å². The molecule has 0 rings (SSSR count). The second-order valence-corrected chi connectivity index (χ2v) is 8.24. The summed E-state index contributed by atoms with van der Waals surface area (Å²) in [7, 11) is 3.32. The Morgan fingerprint density at radius 2 is 1.15 bits per heavy atom. The zero-order valence-corrected chi connectivity index (χ0v) is 14.7. The van der Waals surface area contributed by atoms with Gasteiger partial charge in [0.15, 0.2) is 0 Å². The van der Waals surface area contributed by atoms with Crippen molar-refractivity contribution in [2.75, 3.05) is 24.6 Å². The lowest BCUT2D eigenvalue weighted by molar-refractivity contribution is -0.121. The largest absolute Gasteiger partial charge is 0.356 e. The minimum absolute atomic E-state index is 0.112. The van der Waals surface area contributed by atoms with Crippen molar-refractivity contribution in [3.63, 3.8) is 0 Å². The Kier molecular flexibility index (Phi) is 12.2. The third-order valence-electron chi connectivity index (χ3n) is 2.32. The summed E-state index contributed by atoms with van der Waals surface area (Å²) in [5.74, 6) is 2.79. The Balaban J connectivity index is 3.35. The van der Waals surface area contributed by atoms with E-state index in [1.54, 1.807) is 21.6 Å². The SMILES string of the molecule is CC(C)CNC(=O)CCSSCCC(=O)NCC(C)C. The highest BCUT2D eigenvalue weighted by atomic mass is 33.1. The van der Waals surface area contributed by atoms with Gasteiger partial charge in [-0.05, 0) is 11.8 Å². The summed E-state index contributed by atoms with van der Waals surface area (Å²) in [4.78, 5) is 22.9. The van der Waals surface area contributed by atoms with Crippen molar-refractivity contribution in [1.29, 1.82) is 0 Å². The van der Waals surface area contributed by atoms with Crippen LogP contribution in [0.5, 0.6) is 0 Å². The summed E-state index contributed by atoms with van der Waals surface area (Å²) >= 11 is 0. The van der Waals surface area contributed by atoms with Crippen LogP contribution in [0, 0.1) is 11.8 Å². The van der Waals surface area contributed by atoms with Gasteiger partial charge in [-0.2, -0.15) is 0 Å². The van der Waals surface area contributed by atoms with Crippen molar-refractivity contribution < 1.29 is 9.59 Å². The van der Waals surface area contributed by atoms with Crippen LogP contribution in [-0.4, -0.2) is 36.4 Å². The smallest absolute Gasteiger partial charge is 0.220 e. The molecule has 0 saturated carbocycles. The monoisotopic (exact) mass is 320 g/mol. The van der Waals surface area contributed by atoms with Crippen molar-refractivity contribution in [2.45, 2.75) is 40.5 Å². The van der Waals surface area contributed by atoms with Crippen LogP contribution in [0.2, 0.25) is 0 Å². The van der Waals surface area contributed by atoms with Crippen molar-refractivity contribution in [1.82, 2.24) is 10.6 Å². The Bertz CT molecular complexity index is 256. The topological polar surface area (TPSA) is 58.2 Å². The molecule has 0 bridgehead atoms. The van der Waals surface area contributed by atoms with Crippen molar-refractivity contribution in [2.24, 2.45) is 11.8 Å². The van der Waals surface area contributed by atoms with Crippen LogP contribution in [0.4, 0.5) is 0 Å². The van der Waals surface area contributed by atoms with E-state index in [0.717, 1.165) is 24.6 Å². The highest BCUT2D eigenvalue weighted by Crippen LogP contribution is 2.22. The van der Waals surface area contributed by atoms with E-state index < -0.39 is 0 Å². The molecule has 2 amide bonds. The number of hydrogen-bond donors (Lipinski definition) is 2. The molecule has 0 aliphatic carbocycles. The molecule has 0 fully saturated rings. The molecule has 6 heteroatoms. The summed E-state index contributed by atoms with van der Waals surface area (Å²) in [6.07, 6.45) is 1.09. The minimum Gasteiger partial charge on any atom is -0.356 e. The maximum Gasteiger partial charge on any atom is 0.220 e. The van der Waals surface area contributed by atoms with Gasteiger partial charge in [0.2, 0.25) is 11.8 Å². The molecule has 0 heterocycles. The van der Waals surface area contributed by atoms with Crippen molar-refractivity contribution in [3.05, 3.63) is 0 Å². The van der Waals surface area contributed by atoms with E-state index in [-0.39, 0.29) is 11.8 Å². The number of nitrogens with one attached hydrogen (secondary N) is 2. The average molecular weight is 321 g/mol. The first kappa shape index (κ1) is 19.6. The first-order valence-electron chi connectivity index (χ1n) is 7.19. The molecule has 4 nitrogen and oxygen atoms in total. The Morgan fingerprint density at radius 1 is 0.800 bits per heavy atom. The van der Waals surface area contributed by atoms with E-state index in [1.807, 2.05) is 0 Å². The van der Waals surface area contributed by atoms with Gasteiger partial charge in [0.25, 0.3) is 0 Å². The van der Waals surface area contributed by atoms with Gasteiger partial charge in [-0.15, -0.1) is 0 Å². The normalized spacial score (nSPS) is 10.9. The first-order valence-corrected chi connectivity index (χ1v) is 9.68. The van der Waals surface area contributed by atoms with Gasteiger partial charge in [0, 0.05) is 37.4 Å². The quantitative estimate of drug-likeness (QED) is 0.454. The zero-order valence-electron chi connectivity index (χ0n) is 13.0. The summed E-state index contributed by atoms with van der Waals surface area (Å²) in [6.45, 7) is 9.80. The van der Waals surface area contributed by atoms with Gasteiger partial charge in [-0.3, -0.25) is 9.59 Å². The van der Waals surface area contributed by atoms with Crippen LogP contribution in [0.3, 0.4) is 0 Å². The van der Waals surface area contributed by atoms with E-state index in [1.165, 1.54) is 0 Å². The van der Waals surface area contributed by atoms with E-state index in [0.29, 0.717) is 24.7 Å². The highest BCUT2D eigenvalue weighted by Gasteiger charge is 2.04. The Labute approximate surface area is 131 Å². The molecule has 0 aromatic heterocycles. The fraction of sp³-hybridized carbons (Fsp3) is 0.857. The number of carbonyl (C=O) groups excluding carboxylic acids is 2. The zero-order chi connectivity index (χ0) is 15.4. The second-order valence-electron chi connectivity index (χ2n) is 5.54. The van der Waals surface area contributed by atoms with Gasteiger partial charge in [-0.25, -0.2) is 0 Å². The summed E-state index contributed by atoms with van der Waals surface area (Å²) < 4.78 is 0. The van der Waals surface area contributed by atoms with E-state index in [2.05, 4.69) is 38.3 Å². The van der Waals surface area contributed by atoms with Crippen LogP contribution in [0.15, 0.2) is 0 Å². The standard InChI is InChI=1S/C14H28N2O2S2/c1-11(2)9-15-13(17)5-7-19-20-8-6-14(18)16-10-12(3)4/h11-12H,5-10H2,1-4H3,(H,15,17)(H,16,18). The number of rotatable bonds is 11. The van der Waals surface area contributed by atoms with Crippen LogP contribution < -0.4 is 10.6 Å². The molecule has 0 aliphatic heterocycles. The van der Waals surface area contributed by atoms with Crippen LogP contribution in [0.25, 0.3) is 0 Å². The van der Waals surface area contributed by atoms with Gasteiger partial charge in [-0.1, -0.05) is 49.3 Å². The molecular formula is C14H28N2O2S2. The van der Waals surface area contributed by atoms with Crippen molar-refractivity contribution in [3.8, 4) is 0 Å². The summed E-state index contributed by atoms with van der Waals surface area (Å²) in [5, 5.41) is 5.79. The molecule has 0 spiro atoms. The van der Waals surface area contributed by atoms with Gasteiger partial charge in [0.05, 0.1) is 0 Å². The fourth-order valence-corrected chi connectivity index (χ4v) is 3.18. The first-order chi connectivity index (χ1) is 9.41. The molecule has 0 aliphatic rings. The molecule has 0 atom stereocenters. The summed E-state index contributed by atoms with van der Waals surface area (Å²) in [5.41, 5.74) is 0.